The van der Waals surface area contributed by atoms with Crippen LogP contribution in [0.3, 0.4) is 0 Å². The van der Waals surface area contributed by atoms with Gasteiger partial charge in [0.15, 0.2) is 0 Å². The summed E-state index contributed by atoms with van der Waals surface area (Å²) in [4.78, 5) is 12.3. The zero-order chi connectivity index (χ0) is 14.9. The van der Waals surface area contributed by atoms with Crippen LogP contribution in [0.15, 0.2) is 29.1 Å². The van der Waals surface area contributed by atoms with Crippen molar-refractivity contribution in [1.82, 2.24) is 9.29 Å². The van der Waals surface area contributed by atoms with Crippen LogP contribution in [0.1, 0.15) is 26.3 Å². The summed E-state index contributed by atoms with van der Waals surface area (Å²) in [6.45, 7) is 6.92. The van der Waals surface area contributed by atoms with E-state index in [1.165, 1.54) is 0 Å². The fraction of sp³-hybridized carbons (Fsp3) is 0.400. The minimum atomic E-state index is 0.0295. The van der Waals surface area contributed by atoms with Gasteiger partial charge in [-0.05, 0) is 45.0 Å². The van der Waals surface area contributed by atoms with Crippen LogP contribution < -0.4 is 10.3 Å². The molecular weight excluding hydrogens is 292 g/mol. The van der Waals surface area contributed by atoms with Crippen molar-refractivity contribution in [3.8, 4) is 0 Å². The number of rotatable bonds is 3. The van der Waals surface area contributed by atoms with E-state index in [0.29, 0.717) is 11.6 Å². The van der Waals surface area contributed by atoms with Gasteiger partial charge >= 0.3 is 0 Å². The van der Waals surface area contributed by atoms with Gasteiger partial charge in [0.05, 0.1) is 5.52 Å². The minimum absolute atomic E-state index is 0.0295. The Balaban J connectivity index is 2.34. The molecule has 1 aromatic carbocycles. The van der Waals surface area contributed by atoms with Crippen molar-refractivity contribution in [2.75, 3.05) is 0 Å². The summed E-state index contributed by atoms with van der Waals surface area (Å²) in [5.41, 5.74) is 1.67. The third kappa shape index (κ3) is 3.57. The molecule has 3 nitrogen and oxygen atoms in total. The number of hydrogen-bond donors (Lipinski definition) is 1. The summed E-state index contributed by atoms with van der Waals surface area (Å²) in [6, 6.07) is 7.48. The zero-order valence-electron chi connectivity index (χ0n) is 12.2. The number of hydrogen-bond acceptors (Lipinski definition) is 3. The molecule has 2 rings (SSSR count). The largest absolute Gasteiger partial charge is 0.311 e. The van der Waals surface area contributed by atoms with E-state index in [1.807, 2.05) is 18.2 Å². The minimum Gasteiger partial charge on any atom is -0.311 e. The Hall–Kier alpha value is -0.970. The maximum Gasteiger partial charge on any atom is 0.255 e. The molecule has 0 saturated carbocycles. The van der Waals surface area contributed by atoms with Gasteiger partial charge in [-0.2, -0.15) is 0 Å². The third-order valence-electron chi connectivity index (χ3n) is 2.90. The summed E-state index contributed by atoms with van der Waals surface area (Å²) in [7, 11) is 1.79. The smallest absolute Gasteiger partial charge is 0.255 e. The maximum atomic E-state index is 12.3. The van der Waals surface area contributed by atoms with Gasteiger partial charge < -0.3 is 4.57 Å². The second-order valence-corrected chi connectivity index (χ2v) is 7.93. The summed E-state index contributed by atoms with van der Waals surface area (Å²) in [5, 5.41) is 1.66. The normalized spacial score (nSPS) is 12.1. The predicted octanol–water partition coefficient (Wildman–Crippen LogP) is 3.73. The first kappa shape index (κ1) is 15.4. The van der Waals surface area contributed by atoms with Gasteiger partial charge in [0, 0.05) is 34.3 Å². The van der Waals surface area contributed by atoms with Crippen molar-refractivity contribution in [1.29, 1.82) is 0 Å². The Labute approximate surface area is 128 Å². The van der Waals surface area contributed by atoms with Crippen LogP contribution in [0.5, 0.6) is 0 Å². The predicted molar refractivity (Wildman–Crippen MR) is 88.4 cm³/mol. The molecule has 0 aliphatic carbocycles. The fourth-order valence-corrected chi connectivity index (χ4v) is 2.82. The number of nitrogens with one attached hydrogen (secondary N) is 1. The molecule has 0 atom stereocenters. The van der Waals surface area contributed by atoms with Gasteiger partial charge in [0.2, 0.25) is 0 Å². The van der Waals surface area contributed by atoms with Crippen LogP contribution in [0, 0.1) is 0 Å². The van der Waals surface area contributed by atoms with Crippen LogP contribution in [-0.4, -0.2) is 9.31 Å². The number of aromatic nitrogens is 1. The average Bonchev–Trinajstić information content (AvgIpc) is 2.33. The monoisotopic (exact) mass is 310 g/mol. The Morgan fingerprint density at radius 3 is 2.65 bits per heavy atom. The van der Waals surface area contributed by atoms with E-state index in [0.717, 1.165) is 16.5 Å². The first-order chi connectivity index (χ1) is 9.28. The van der Waals surface area contributed by atoms with Gasteiger partial charge in [-0.15, -0.1) is 0 Å². The van der Waals surface area contributed by atoms with Crippen LogP contribution in [0.25, 0.3) is 10.9 Å². The highest BCUT2D eigenvalue weighted by molar-refractivity contribution is 7.98. The molecule has 0 bridgehead atoms. The third-order valence-corrected chi connectivity index (χ3v) is 4.04. The van der Waals surface area contributed by atoms with Gasteiger partial charge in [0.25, 0.3) is 5.56 Å². The lowest BCUT2D eigenvalue weighted by atomic mass is 10.1. The van der Waals surface area contributed by atoms with Crippen molar-refractivity contribution < 1.29 is 0 Å². The summed E-state index contributed by atoms with van der Waals surface area (Å²) in [6.07, 6.45) is 0. The van der Waals surface area contributed by atoms with Gasteiger partial charge in [0.1, 0.15) is 0 Å². The molecule has 1 aromatic heterocycles. The topological polar surface area (TPSA) is 34.0 Å². The Bertz CT molecular complexity index is 689. The van der Waals surface area contributed by atoms with Crippen LogP contribution >= 0.6 is 23.5 Å². The molecule has 1 N–H and O–H groups in total. The molecule has 108 valence electrons. The van der Waals surface area contributed by atoms with Crippen molar-refractivity contribution in [2.24, 2.45) is 7.05 Å². The van der Waals surface area contributed by atoms with E-state index in [1.54, 1.807) is 29.6 Å². The quantitative estimate of drug-likeness (QED) is 0.877. The van der Waals surface area contributed by atoms with E-state index >= 15 is 0 Å². The number of aryl methyl sites for hydroxylation is 1. The lowest BCUT2D eigenvalue weighted by molar-refractivity contribution is 0.783. The highest BCUT2D eigenvalue weighted by atomic mass is 35.5. The lowest BCUT2D eigenvalue weighted by Crippen LogP contribution is -2.25. The number of fused-ring (bicyclic) bond motifs is 1. The van der Waals surface area contributed by atoms with Gasteiger partial charge in [-0.3, -0.25) is 9.52 Å². The number of benzene rings is 1. The fourth-order valence-electron chi connectivity index (χ4n) is 1.98. The molecule has 0 spiro atoms. The SMILES string of the molecule is Cn1c(=O)c(CNSC(C)(C)C)cc2cc(Cl)ccc21. The standard InChI is InChI=1S/C15H19ClN2OS/c1-15(2,3)20-17-9-11-7-10-8-12(16)5-6-13(10)18(4)14(11)19/h5-8,17H,9H2,1-4H3. The van der Waals surface area contributed by atoms with E-state index in [-0.39, 0.29) is 10.3 Å². The van der Waals surface area contributed by atoms with Crippen molar-refractivity contribution in [3.63, 3.8) is 0 Å². The molecule has 2 aromatic rings. The first-order valence-electron chi connectivity index (χ1n) is 6.47. The number of nitrogens with zero attached hydrogens (tertiary/aromatic N) is 1. The second-order valence-electron chi connectivity index (χ2n) is 5.77. The maximum absolute atomic E-state index is 12.3. The van der Waals surface area contributed by atoms with Gasteiger partial charge in [-0.1, -0.05) is 23.5 Å². The van der Waals surface area contributed by atoms with Crippen molar-refractivity contribution in [2.45, 2.75) is 32.1 Å². The van der Waals surface area contributed by atoms with Crippen LogP contribution in [0.2, 0.25) is 5.02 Å². The number of halogens is 1. The van der Waals surface area contributed by atoms with Crippen LogP contribution in [-0.2, 0) is 13.6 Å². The second kappa shape index (κ2) is 5.80. The molecular formula is C15H19ClN2OS. The average molecular weight is 311 g/mol. The highest BCUT2D eigenvalue weighted by Crippen LogP contribution is 2.21. The van der Waals surface area contributed by atoms with E-state index in [2.05, 4.69) is 25.5 Å². The molecule has 5 heteroatoms. The Morgan fingerprint density at radius 1 is 1.30 bits per heavy atom. The first-order valence-corrected chi connectivity index (χ1v) is 7.66. The zero-order valence-corrected chi connectivity index (χ0v) is 13.7. The summed E-state index contributed by atoms with van der Waals surface area (Å²) >= 11 is 7.65. The molecule has 0 radical (unpaired) electrons. The molecule has 0 amide bonds. The molecule has 1 heterocycles. The molecule has 0 aliphatic heterocycles. The van der Waals surface area contributed by atoms with E-state index < -0.39 is 0 Å². The van der Waals surface area contributed by atoms with Crippen molar-refractivity contribution in [3.05, 3.63) is 45.2 Å². The Morgan fingerprint density at radius 2 is 2.00 bits per heavy atom. The molecule has 20 heavy (non-hydrogen) atoms. The van der Waals surface area contributed by atoms with Gasteiger partial charge in [-0.25, -0.2) is 0 Å². The molecule has 0 fully saturated rings. The summed E-state index contributed by atoms with van der Waals surface area (Å²) in [5.74, 6) is 0. The van der Waals surface area contributed by atoms with Crippen LogP contribution in [0.4, 0.5) is 0 Å². The Kier molecular flexibility index (Phi) is 4.47. The highest BCUT2D eigenvalue weighted by Gasteiger charge is 2.12. The lowest BCUT2D eigenvalue weighted by Gasteiger charge is -2.18. The number of pyridine rings is 1. The summed E-state index contributed by atoms with van der Waals surface area (Å²) < 4.78 is 5.05. The van der Waals surface area contributed by atoms with E-state index in [9.17, 15) is 4.79 Å². The van der Waals surface area contributed by atoms with Crippen molar-refractivity contribution >= 4 is 34.5 Å². The molecule has 0 saturated heterocycles. The molecule has 0 unspecified atom stereocenters. The molecule has 0 aliphatic rings. The van der Waals surface area contributed by atoms with E-state index in [4.69, 9.17) is 11.6 Å².